The predicted octanol–water partition coefficient (Wildman–Crippen LogP) is 22.3. The van der Waals surface area contributed by atoms with Crippen LogP contribution in [0.3, 0.4) is 0 Å². The highest BCUT2D eigenvalue weighted by atomic mass is 14.4. The van der Waals surface area contributed by atoms with Gasteiger partial charge in [0.25, 0.3) is 0 Å². The van der Waals surface area contributed by atoms with Gasteiger partial charge in [0.15, 0.2) is 0 Å². The van der Waals surface area contributed by atoms with Crippen molar-refractivity contribution in [2.45, 2.75) is 302 Å². The zero-order valence-electron chi connectivity index (χ0n) is 49.6. The maximum atomic E-state index is 2.33. The van der Waals surface area contributed by atoms with Gasteiger partial charge >= 0.3 is 0 Å². The Labute approximate surface area is 378 Å². The highest BCUT2D eigenvalue weighted by Crippen LogP contribution is 2.40. The minimum absolute atomic E-state index is 0.437. The Hall–Kier alpha value is 0. The van der Waals surface area contributed by atoms with Crippen LogP contribution in [0.15, 0.2) is 0 Å². The van der Waals surface area contributed by atoms with Gasteiger partial charge in [-0.3, -0.25) is 0 Å². The van der Waals surface area contributed by atoms with Crippen molar-refractivity contribution in [2.24, 2.45) is 77.8 Å². The molecule has 0 amide bonds. The Balaban J connectivity index is -0.000000105. The van der Waals surface area contributed by atoms with Crippen molar-refractivity contribution in [3.05, 3.63) is 0 Å². The van der Waals surface area contributed by atoms with E-state index in [-0.39, 0.29) is 0 Å². The third-order valence-corrected chi connectivity index (χ3v) is 12.5. The lowest BCUT2D eigenvalue weighted by Crippen LogP contribution is -2.28. The second-order valence-electron chi connectivity index (χ2n) is 30.1. The van der Waals surface area contributed by atoms with Gasteiger partial charge < -0.3 is 0 Å². The quantitative estimate of drug-likeness (QED) is 0.259. The fraction of sp³-hybridized carbons (Fsp3) is 1.00. The van der Waals surface area contributed by atoms with Gasteiger partial charge in [0.05, 0.1) is 0 Å². The molecule has 0 bridgehead atoms. The van der Waals surface area contributed by atoms with E-state index in [4.69, 9.17) is 0 Å². The monoisotopic (exact) mass is 827 g/mol. The topological polar surface area (TPSA) is 0 Å². The molecule has 0 aliphatic rings. The first-order chi connectivity index (χ1) is 24.5. The molecule has 0 spiro atoms. The van der Waals surface area contributed by atoms with E-state index in [9.17, 15) is 0 Å². The van der Waals surface area contributed by atoms with Gasteiger partial charge in [-0.2, -0.15) is 0 Å². The van der Waals surface area contributed by atoms with Gasteiger partial charge in [-0.25, -0.2) is 0 Å². The van der Waals surface area contributed by atoms with Crippen LogP contribution < -0.4 is 0 Å². The van der Waals surface area contributed by atoms with E-state index in [2.05, 4.69) is 263 Å². The lowest BCUT2D eigenvalue weighted by Gasteiger charge is -2.37. The summed E-state index contributed by atoms with van der Waals surface area (Å²) in [5.74, 6) is 3.36. The summed E-state index contributed by atoms with van der Waals surface area (Å²) in [4.78, 5) is 0. The minimum Gasteiger partial charge on any atom is -0.0651 e. The zero-order valence-corrected chi connectivity index (χ0v) is 49.6. The normalized spacial score (nSPS) is 13.8. The predicted molar refractivity (Wildman–Crippen MR) is 282 cm³/mol. The molecule has 1 atom stereocenters. The van der Waals surface area contributed by atoms with Gasteiger partial charge in [0.2, 0.25) is 0 Å². The third kappa shape index (κ3) is 62.6. The van der Waals surface area contributed by atoms with Gasteiger partial charge in [0.1, 0.15) is 0 Å². The van der Waals surface area contributed by atoms with Crippen LogP contribution in [-0.2, 0) is 0 Å². The third-order valence-electron chi connectivity index (χ3n) is 12.5. The first kappa shape index (κ1) is 72.4. The van der Waals surface area contributed by atoms with E-state index in [0.717, 1.165) is 23.7 Å². The first-order valence-corrected chi connectivity index (χ1v) is 24.5. The number of rotatable bonds is 5. The standard InChI is InChI=1S/3C9H20.3C8H18.C7H16/c1-8(2,3)7-9(4,5)6;1-8(2)6-7-9(3,4)5;1-7-9(5,6)8(2,3)4;1-7(2)6-8(3,4)5;1-7(2,3)8(4,5)6;1-6-7(2)8(3,4)5;1-6(2)7(3,4)5/h7H2,1-6H3;8H,6-7H2,1-5H3;7H2,1-6H3;7H,6H2,1-5H3;1-6H3;7H,6H2,1-5H3;6H,1-5H3. The van der Waals surface area contributed by atoms with Gasteiger partial charge in [0, 0.05) is 0 Å². The van der Waals surface area contributed by atoms with Crippen molar-refractivity contribution in [3.8, 4) is 0 Å². The number of hydrogen-bond acceptors (Lipinski definition) is 0. The SMILES string of the molecule is CC(C)(C)C(C)(C)C.CC(C)(C)CC(C)(C)C.CC(C)C(C)(C)C.CC(C)CC(C)(C)C.CC(C)CCC(C)(C)C.CCC(C)(C)C(C)(C)C.CCC(C)C(C)(C)C. The van der Waals surface area contributed by atoms with Crippen LogP contribution in [-0.4, -0.2) is 0 Å². The molecule has 0 radical (unpaired) electrons. The van der Waals surface area contributed by atoms with E-state index in [1.165, 1.54) is 38.5 Å². The van der Waals surface area contributed by atoms with Crippen molar-refractivity contribution < 1.29 is 0 Å². The Bertz CT molecular complexity index is 861. The average molecular weight is 828 g/mol. The molecule has 0 aromatic carbocycles. The van der Waals surface area contributed by atoms with E-state index in [1.54, 1.807) is 0 Å². The summed E-state index contributed by atoms with van der Waals surface area (Å²) < 4.78 is 0. The molecule has 1 unspecified atom stereocenters. The Morgan fingerprint density at radius 1 is 0.345 bits per heavy atom. The summed E-state index contributed by atoms with van der Waals surface area (Å²) in [6.07, 6.45) is 7.89. The smallest absolute Gasteiger partial charge is 0.0308 e. The van der Waals surface area contributed by atoms with Crippen LogP contribution in [0.4, 0.5) is 0 Å². The van der Waals surface area contributed by atoms with Crippen LogP contribution in [0.2, 0.25) is 0 Å². The van der Waals surface area contributed by atoms with Gasteiger partial charge in [-0.1, -0.05) is 282 Å². The Kier molecular flexibility index (Phi) is 36.7. The molecular formula is C58H130. The lowest BCUT2D eigenvalue weighted by atomic mass is 9.68. The van der Waals surface area contributed by atoms with Gasteiger partial charge in [-0.15, -0.1) is 0 Å². The summed E-state index contributed by atoms with van der Waals surface area (Å²) in [6.45, 7) is 86.8. The molecule has 362 valence electrons. The summed E-state index contributed by atoms with van der Waals surface area (Å²) in [5.41, 5.74) is 4.83. The number of hydrogen-bond donors (Lipinski definition) is 0. The summed E-state index contributed by atoms with van der Waals surface area (Å²) in [6, 6.07) is 0. The zero-order chi connectivity index (χ0) is 49.6. The first-order valence-electron chi connectivity index (χ1n) is 24.5. The Morgan fingerprint density at radius 3 is 0.655 bits per heavy atom. The summed E-state index contributed by atoms with van der Waals surface area (Å²) in [5, 5.41) is 0. The van der Waals surface area contributed by atoms with Crippen molar-refractivity contribution >= 4 is 0 Å². The molecule has 58 heavy (non-hydrogen) atoms. The average Bonchev–Trinajstić information content (AvgIpc) is 2.87. The van der Waals surface area contributed by atoms with Crippen molar-refractivity contribution in [3.63, 3.8) is 0 Å². The summed E-state index contributed by atoms with van der Waals surface area (Å²) in [7, 11) is 0. The molecule has 0 rings (SSSR count). The maximum Gasteiger partial charge on any atom is -0.0308 e. The Morgan fingerprint density at radius 2 is 0.638 bits per heavy atom. The lowest BCUT2D eigenvalue weighted by molar-refractivity contribution is 0.126. The summed E-state index contributed by atoms with van der Waals surface area (Å²) >= 11 is 0. The highest BCUT2D eigenvalue weighted by molar-refractivity contribution is 4.80. The van der Waals surface area contributed by atoms with Crippen LogP contribution in [0.1, 0.15) is 302 Å². The fourth-order valence-electron chi connectivity index (χ4n) is 4.68. The van der Waals surface area contributed by atoms with Crippen molar-refractivity contribution in [1.29, 1.82) is 0 Å². The molecule has 0 aliphatic heterocycles. The van der Waals surface area contributed by atoms with E-state index < -0.39 is 0 Å². The van der Waals surface area contributed by atoms with E-state index in [0.29, 0.717) is 54.1 Å². The largest absolute Gasteiger partial charge is 0.0651 e. The molecule has 0 aromatic heterocycles. The molecule has 0 fully saturated rings. The molecule has 0 nitrogen and oxygen atoms in total. The second kappa shape index (κ2) is 29.4. The van der Waals surface area contributed by atoms with Crippen LogP contribution >= 0.6 is 0 Å². The van der Waals surface area contributed by atoms with Crippen molar-refractivity contribution in [1.82, 2.24) is 0 Å². The van der Waals surface area contributed by atoms with Crippen LogP contribution in [0.25, 0.3) is 0 Å². The molecular weight excluding hydrogens is 697 g/mol. The van der Waals surface area contributed by atoms with Gasteiger partial charge in [-0.05, 0) is 97.1 Å². The molecule has 0 saturated carbocycles. The molecule has 0 heterocycles. The second-order valence-corrected chi connectivity index (χ2v) is 30.1. The van der Waals surface area contributed by atoms with Crippen LogP contribution in [0, 0.1) is 77.8 Å². The van der Waals surface area contributed by atoms with E-state index in [1.807, 2.05) is 0 Å². The molecule has 0 N–H and O–H groups in total. The molecule has 0 aromatic rings. The molecule has 0 heteroatoms. The fourth-order valence-corrected chi connectivity index (χ4v) is 4.68. The maximum absolute atomic E-state index is 2.33. The molecule has 0 saturated heterocycles. The minimum atomic E-state index is 0.437. The van der Waals surface area contributed by atoms with Crippen LogP contribution in [0.5, 0.6) is 0 Å². The highest BCUT2D eigenvalue weighted by Gasteiger charge is 2.30. The van der Waals surface area contributed by atoms with Crippen molar-refractivity contribution in [2.75, 3.05) is 0 Å². The molecule has 0 aliphatic carbocycles. The van der Waals surface area contributed by atoms with E-state index >= 15 is 0 Å².